The van der Waals surface area contributed by atoms with Crippen LogP contribution in [-0.2, 0) is 0 Å². The Hall–Kier alpha value is -0.320. The second kappa shape index (κ2) is 4.47. The number of anilines is 1. The molecule has 1 saturated heterocycles. The second-order valence-corrected chi connectivity index (χ2v) is 4.52. The summed E-state index contributed by atoms with van der Waals surface area (Å²) in [6.07, 6.45) is 1.78. The third-order valence-corrected chi connectivity index (χ3v) is 2.92. The van der Waals surface area contributed by atoms with E-state index in [2.05, 4.69) is 31.1 Å². The SMILES string of the molecule is Clc1cc(Br)cnc1N1CCNCC1. The summed E-state index contributed by atoms with van der Waals surface area (Å²) in [5.41, 5.74) is 0. The number of nitrogens with one attached hydrogen (secondary N) is 1. The fourth-order valence-corrected chi connectivity index (χ4v) is 2.27. The number of rotatable bonds is 1. The number of hydrogen-bond donors (Lipinski definition) is 1. The molecule has 1 aromatic heterocycles. The molecule has 1 aromatic rings. The van der Waals surface area contributed by atoms with E-state index in [4.69, 9.17) is 11.6 Å². The zero-order valence-electron chi connectivity index (χ0n) is 7.63. The van der Waals surface area contributed by atoms with Crippen LogP contribution in [0.2, 0.25) is 5.02 Å². The van der Waals surface area contributed by atoms with Crippen molar-refractivity contribution in [3.05, 3.63) is 21.8 Å². The van der Waals surface area contributed by atoms with Crippen molar-refractivity contribution in [2.45, 2.75) is 0 Å². The first kappa shape index (κ1) is 10.2. The Bertz CT molecular complexity index is 326. The lowest BCUT2D eigenvalue weighted by Gasteiger charge is -2.28. The molecule has 0 saturated carbocycles. The topological polar surface area (TPSA) is 28.2 Å². The molecule has 0 amide bonds. The standard InChI is InChI=1S/C9H11BrClN3/c10-7-5-8(11)9(13-6-7)14-3-1-12-2-4-14/h5-6,12H,1-4H2. The van der Waals surface area contributed by atoms with Gasteiger partial charge in [0.25, 0.3) is 0 Å². The molecule has 0 bridgehead atoms. The Labute approximate surface area is 96.6 Å². The molecule has 2 heterocycles. The van der Waals surface area contributed by atoms with Crippen molar-refractivity contribution in [3.63, 3.8) is 0 Å². The fraction of sp³-hybridized carbons (Fsp3) is 0.444. The van der Waals surface area contributed by atoms with Crippen LogP contribution in [0, 0.1) is 0 Å². The summed E-state index contributed by atoms with van der Waals surface area (Å²) < 4.78 is 0.918. The Morgan fingerprint density at radius 3 is 2.79 bits per heavy atom. The van der Waals surface area contributed by atoms with Gasteiger partial charge in [0.1, 0.15) is 5.82 Å². The molecule has 5 heteroatoms. The molecular weight excluding hydrogens is 265 g/mol. The normalized spacial score (nSPS) is 17.1. The Kier molecular flexibility index (Phi) is 3.26. The molecule has 0 aliphatic carbocycles. The highest BCUT2D eigenvalue weighted by Gasteiger charge is 2.14. The largest absolute Gasteiger partial charge is 0.353 e. The van der Waals surface area contributed by atoms with E-state index in [0.717, 1.165) is 36.5 Å². The summed E-state index contributed by atoms with van der Waals surface area (Å²) in [7, 11) is 0. The minimum Gasteiger partial charge on any atom is -0.353 e. The van der Waals surface area contributed by atoms with Crippen molar-refractivity contribution in [2.24, 2.45) is 0 Å². The van der Waals surface area contributed by atoms with Crippen LogP contribution in [0.3, 0.4) is 0 Å². The number of aromatic nitrogens is 1. The van der Waals surface area contributed by atoms with E-state index in [-0.39, 0.29) is 0 Å². The first-order valence-electron chi connectivity index (χ1n) is 4.54. The van der Waals surface area contributed by atoms with Crippen LogP contribution < -0.4 is 10.2 Å². The van der Waals surface area contributed by atoms with Gasteiger partial charge in [-0.25, -0.2) is 4.98 Å². The van der Waals surface area contributed by atoms with Gasteiger partial charge in [-0.05, 0) is 22.0 Å². The van der Waals surface area contributed by atoms with E-state index in [9.17, 15) is 0 Å². The first-order valence-corrected chi connectivity index (χ1v) is 5.71. The smallest absolute Gasteiger partial charge is 0.147 e. The summed E-state index contributed by atoms with van der Waals surface area (Å²) >= 11 is 9.45. The Morgan fingerprint density at radius 1 is 1.43 bits per heavy atom. The third kappa shape index (κ3) is 2.19. The molecule has 0 spiro atoms. The van der Waals surface area contributed by atoms with Crippen LogP contribution >= 0.6 is 27.5 Å². The van der Waals surface area contributed by atoms with Crippen LogP contribution in [0.15, 0.2) is 16.7 Å². The highest BCUT2D eigenvalue weighted by molar-refractivity contribution is 9.10. The Balaban J connectivity index is 2.22. The number of nitrogens with zero attached hydrogens (tertiary/aromatic N) is 2. The van der Waals surface area contributed by atoms with Crippen molar-refractivity contribution < 1.29 is 0 Å². The highest BCUT2D eigenvalue weighted by atomic mass is 79.9. The summed E-state index contributed by atoms with van der Waals surface area (Å²) in [5, 5.41) is 4.00. The average Bonchev–Trinajstić information content (AvgIpc) is 2.19. The van der Waals surface area contributed by atoms with Gasteiger partial charge in [-0.15, -0.1) is 0 Å². The van der Waals surface area contributed by atoms with Gasteiger partial charge in [0, 0.05) is 36.8 Å². The summed E-state index contributed by atoms with van der Waals surface area (Å²) in [6.45, 7) is 3.92. The predicted molar refractivity (Wildman–Crippen MR) is 62.0 cm³/mol. The number of halogens is 2. The maximum absolute atomic E-state index is 6.11. The lowest BCUT2D eigenvalue weighted by Crippen LogP contribution is -2.44. The summed E-state index contributed by atoms with van der Waals surface area (Å²) in [6, 6.07) is 1.88. The van der Waals surface area contributed by atoms with Gasteiger partial charge < -0.3 is 10.2 Å². The second-order valence-electron chi connectivity index (χ2n) is 3.20. The van der Waals surface area contributed by atoms with Gasteiger partial charge in [-0.2, -0.15) is 0 Å². The maximum atomic E-state index is 6.11. The first-order chi connectivity index (χ1) is 6.77. The monoisotopic (exact) mass is 275 g/mol. The number of pyridine rings is 1. The van der Waals surface area contributed by atoms with Crippen molar-refractivity contribution in [3.8, 4) is 0 Å². The van der Waals surface area contributed by atoms with Crippen molar-refractivity contribution in [1.29, 1.82) is 0 Å². The number of hydrogen-bond acceptors (Lipinski definition) is 3. The fourth-order valence-electron chi connectivity index (χ4n) is 1.52. The molecule has 1 N–H and O–H groups in total. The van der Waals surface area contributed by atoms with Crippen LogP contribution in [0.1, 0.15) is 0 Å². The minimum atomic E-state index is 0.710. The predicted octanol–water partition coefficient (Wildman–Crippen LogP) is 1.91. The van der Waals surface area contributed by atoms with E-state index in [0.29, 0.717) is 5.02 Å². The molecule has 0 aromatic carbocycles. The van der Waals surface area contributed by atoms with Gasteiger partial charge in [-0.3, -0.25) is 0 Å². The molecule has 0 atom stereocenters. The number of piperazine rings is 1. The van der Waals surface area contributed by atoms with E-state index in [1.807, 2.05) is 6.07 Å². The summed E-state index contributed by atoms with van der Waals surface area (Å²) in [4.78, 5) is 6.52. The molecule has 76 valence electrons. The zero-order valence-corrected chi connectivity index (χ0v) is 9.98. The van der Waals surface area contributed by atoms with E-state index < -0.39 is 0 Å². The molecule has 2 rings (SSSR count). The third-order valence-electron chi connectivity index (χ3n) is 2.20. The van der Waals surface area contributed by atoms with Gasteiger partial charge in [-0.1, -0.05) is 11.6 Å². The molecule has 0 unspecified atom stereocenters. The molecular formula is C9H11BrClN3. The quantitative estimate of drug-likeness (QED) is 0.849. The molecule has 1 aliphatic heterocycles. The van der Waals surface area contributed by atoms with E-state index in [1.54, 1.807) is 6.20 Å². The van der Waals surface area contributed by atoms with E-state index >= 15 is 0 Å². The van der Waals surface area contributed by atoms with Gasteiger partial charge in [0.15, 0.2) is 0 Å². The van der Waals surface area contributed by atoms with Gasteiger partial charge in [0.2, 0.25) is 0 Å². The molecule has 0 radical (unpaired) electrons. The van der Waals surface area contributed by atoms with Gasteiger partial charge in [0.05, 0.1) is 5.02 Å². The molecule has 3 nitrogen and oxygen atoms in total. The lowest BCUT2D eigenvalue weighted by molar-refractivity contribution is 0.585. The van der Waals surface area contributed by atoms with E-state index in [1.165, 1.54) is 0 Å². The molecule has 1 fully saturated rings. The maximum Gasteiger partial charge on any atom is 0.147 e. The van der Waals surface area contributed by atoms with Crippen LogP contribution in [0.5, 0.6) is 0 Å². The molecule has 14 heavy (non-hydrogen) atoms. The zero-order chi connectivity index (χ0) is 9.97. The summed E-state index contributed by atoms with van der Waals surface area (Å²) in [5.74, 6) is 0.886. The Morgan fingerprint density at radius 2 is 2.14 bits per heavy atom. The molecule has 1 aliphatic rings. The van der Waals surface area contributed by atoms with Crippen molar-refractivity contribution in [2.75, 3.05) is 31.1 Å². The van der Waals surface area contributed by atoms with Crippen LogP contribution in [0.25, 0.3) is 0 Å². The van der Waals surface area contributed by atoms with Crippen molar-refractivity contribution in [1.82, 2.24) is 10.3 Å². The lowest BCUT2D eigenvalue weighted by atomic mass is 10.3. The highest BCUT2D eigenvalue weighted by Crippen LogP contribution is 2.26. The average molecular weight is 277 g/mol. The van der Waals surface area contributed by atoms with Crippen LogP contribution in [-0.4, -0.2) is 31.2 Å². The van der Waals surface area contributed by atoms with Crippen molar-refractivity contribution >= 4 is 33.3 Å². The van der Waals surface area contributed by atoms with Crippen LogP contribution in [0.4, 0.5) is 5.82 Å². The minimum absolute atomic E-state index is 0.710. The van der Waals surface area contributed by atoms with Gasteiger partial charge >= 0.3 is 0 Å².